The molecule has 65 heavy (non-hydrogen) atoms. The Labute approximate surface area is 383 Å². The van der Waals surface area contributed by atoms with Gasteiger partial charge in [0.05, 0.1) is 33.0 Å². The summed E-state index contributed by atoms with van der Waals surface area (Å²) < 4.78 is 24.2. The second-order valence-electron chi connectivity index (χ2n) is 20.9. The van der Waals surface area contributed by atoms with Gasteiger partial charge in [-0.25, -0.2) is 4.79 Å². The molecule has 1 spiro atoms. The summed E-state index contributed by atoms with van der Waals surface area (Å²) in [6, 6.07) is 9.03. The minimum absolute atomic E-state index is 0.128. The molecular formula is C51H66N4O9Si. The summed E-state index contributed by atoms with van der Waals surface area (Å²) in [5, 5.41) is 26.5. The predicted octanol–water partition coefficient (Wildman–Crippen LogP) is 5.22. The normalized spacial score (nSPS) is 34.7. The van der Waals surface area contributed by atoms with Gasteiger partial charge in [-0.15, -0.1) is 5.54 Å². The van der Waals surface area contributed by atoms with Crippen molar-refractivity contribution in [2.24, 2.45) is 11.3 Å². The third kappa shape index (κ3) is 6.50. The lowest BCUT2D eigenvalue weighted by Gasteiger charge is -2.63. The molecule has 0 amide bonds. The van der Waals surface area contributed by atoms with Crippen molar-refractivity contribution in [1.29, 1.82) is 0 Å². The minimum Gasteiger partial charge on any atom is -0.496 e. The first-order valence-corrected chi connectivity index (χ1v) is 26.9. The monoisotopic (exact) mass is 906 g/mol. The Balaban J connectivity index is 1.36. The average Bonchev–Trinajstić information content (AvgIpc) is 3.94. The molecule has 0 radical (unpaired) electrons. The first kappa shape index (κ1) is 45.5. The van der Waals surface area contributed by atoms with Crippen LogP contribution in [0.3, 0.4) is 0 Å². The van der Waals surface area contributed by atoms with E-state index in [-0.39, 0.29) is 12.0 Å². The zero-order chi connectivity index (χ0) is 46.6. The van der Waals surface area contributed by atoms with Gasteiger partial charge in [-0.3, -0.25) is 19.4 Å². The highest BCUT2D eigenvalue weighted by Crippen LogP contribution is 2.68. The van der Waals surface area contributed by atoms with Gasteiger partial charge in [-0.2, -0.15) is 0 Å². The number of carbonyl (C=O) groups excluding carboxylic acids is 3. The molecule has 1 saturated carbocycles. The molecule has 1 aromatic heterocycles. The Morgan fingerprint density at radius 1 is 0.954 bits per heavy atom. The second-order valence-corrected chi connectivity index (χ2v) is 25.7. The summed E-state index contributed by atoms with van der Waals surface area (Å²) in [5.74, 6) is 1.83. The number of hydrogen-bond donors (Lipinski definition) is 3. The van der Waals surface area contributed by atoms with Crippen molar-refractivity contribution in [3.63, 3.8) is 0 Å². The van der Waals surface area contributed by atoms with Crippen molar-refractivity contribution in [1.82, 2.24) is 14.8 Å². The maximum atomic E-state index is 15.6. The number of carbonyl (C=O) groups is 3. The zero-order valence-corrected chi connectivity index (χ0v) is 40.7. The Morgan fingerprint density at radius 3 is 2.37 bits per heavy atom. The summed E-state index contributed by atoms with van der Waals surface area (Å²) in [5.41, 5.74) is 2.54. The number of fused-ring (bicyclic) bond motifs is 6. The van der Waals surface area contributed by atoms with E-state index in [4.69, 9.17) is 18.9 Å². The van der Waals surface area contributed by atoms with Crippen LogP contribution in [-0.4, -0.2) is 141 Å². The number of likely N-dealkylation sites (N-methyl/N-ethyl adjacent to an activating group) is 1. The van der Waals surface area contributed by atoms with Crippen LogP contribution in [-0.2, 0) is 45.8 Å². The number of nitrogens with one attached hydrogen (secondary N) is 1. The molecule has 2 bridgehead atoms. The number of methoxy groups -OCH3 is 3. The molecule has 10 atom stereocenters. The molecule has 2 saturated heterocycles. The van der Waals surface area contributed by atoms with Crippen LogP contribution in [0.4, 0.5) is 5.69 Å². The molecule has 14 heteroatoms. The van der Waals surface area contributed by atoms with Gasteiger partial charge >= 0.3 is 17.9 Å². The number of hydrogen-bond acceptors (Lipinski definition) is 12. The van der Waals surface area contributed by atoms with Crippen LogP contribution in [0, 0.1) is 22.8 Å². The highest BCUT2D eigenvalue weighted by Gasteiger charge is 2.80. The van der Waals surface area contributed by atoms with E-state index in [0.29, 0.717) is 82.6 Å². The molecule has 3 N–H and O–H groups in total. The summed E-state index contributed by atoms with van der Waals surface area (Å²) in [6.07, 6.45) is 5.81. The Bertz CT molecular complexity index is 2560. The third-order valence-electron chi connectivity index (χ3n) is 16.3. The number of aromatic nitrogens is 1. The first-order chi connectivity index (χ1) is 30.8. The number of rotatable bonds is 7. The summed E-state index contributed by atoms with van der Waals surface area (Å²) in [6.45, 7) is 15.2. The highest BCUT2D eigenvalue weighted by molar-refractivity contribution is 6.83. The molecule has 3 aromatic rings. The number of esters is 3. The number of piperidine rings is 1. The Hall–Kier alpha value is -4.65. The van der Waals surface area contributed by atoms with E-state index in [9.17, 15) is 19.8 Å². The van der Waals surface area contributed by atoms with E-state index >= 15 is 4.79 Å². The van der Waals surface area contributed by atoms with Crippen molar-refractivity contribution in [3.05, 3.63) is 70.4 Å². The molecule has 6 aliphatic rings. The van der Waals surface area contributed by atoms with Gasteiger partial charge in [0.15, 0.2) is 6.10 Å². The fraction of sp³-hybridized carbons (Fsp3) is 0.588. The Kier molecular flexibility index (Phi) is 11.0. The summed E-state index contributed by atoms with van der Waals surface area (Å²) >= 11 is 0. The van der Waals surface area contributed by atoms with Gasteiger partial charge in [-0.1, -0.05) is 51.6 Å². The van der Waals surface area contributed by atoms with E-state index in [2.05, 4.69) is 76.2 Å². The smallest absolute Gasteiger partial charge is 0.344 e. The van der Waals surface area contributed by atoms with Crippen molar-refractivity contribution in [2.45, 2.75) is 119 Å². The van der Waals surface area contributed by atoms with Crippen molar-refractivity contribution in [3.8, 4) is 17.2 Å². The number of aromatic amines is 1. The molecule has 2 aromatic carbocycles. The number of anilines is 1. The van der Waals surface area contributed by atoms with Gasteiger partial charge in [0.25, 0.3) is 0 Å². The van der Waals surface area contributed by atoms with E-state index < -0.39 is 65.6 Å². The molecule has 348 valence electrons. The second kappa shape index (κ2) is 15.7. The van der Waals surface area contributed by atoms with Gasteiger partial charge in [0.1, 0.15) is 19.2 Å². The third-order valence-corrected chi connectivity index (χ3v) is 17.1. The Morgan fingerprint density at radius 2 is 1.71 bits per heavy atom. The van der Waals surface area contributed by atoms with Crippen LogP contribution in [0.1, 0.15) is 80.8 Å². The quantitative estimate of drug-likeness (QED) is 0.0938. The first-order valence-electron chi connectivity index (χ1n) is 23.4. The number of H-pyrrole nitrogens is 1. The number of ether oxygens (including phenoxy) is 4. The minimum atomic E-state index is -2.32. The van der Waals surface area contributed by atoms with Crippen LogP contribution < -0.4 is 9.64 Å². The molecule has 9 rings (SSSR count). The van der Waals surface area contributed by atoms with E-state index in [1.54, 1.807) is 7.11 Å². The molecule has 1 aliphatic carbocycles. The van der Waals surface area contributed by atoms with E-state index in [1.807, 2.05) is 37.9 Å². The molecule has 5 aliphatic heterocycles. The molecular weight excluding hydrogens is 841 g/mol. The van der Waals surface area contributed by atoms with Crippen LogP contribution in [0.25, 0.3) is 10.9 Å². The van der Waals surface area contributed by atoms with Crippen LogP contribution in [0.2, 0.25) is 19.6 Å². The molecule has 13 nitrogen and oxygen atoms in total. The summed E-state index contributed by atoms with van der Waals surface area (Å²) in [4.78, 5) is 53.7. The summed E-state index contributed by atoms with van der Waals surface area (Å²) in [7, 11) is 4.47. The van der Waals surface area contributed by atoms with E-state index in [0.717, 1.165) is 39.0 Å². The average molecular weight is 907 g/mol. The fourth-order valence-corrected chi connectivity index (χ4v) is 14.4. The lowest BCUT2D eigenvalue weighted by Crippen LogP contribution is -2.81. The largest absolute Gasteiger partial charge is 0.496 e. The standard InChI is InChI=1S/C51H66N4O9Si/c1-11-47(59)27-33-28-50(45(57)62-6,41-34(16-21-54(29-33)30-47)35-24-32(14-15-38(35)52-41)17-23-65(8,9)10)37-25-36-39(26-40(37)61-5)53(4)43-49(36)19-22-55-20-13-18-48(12-2,42(49)55)44(64-31(3)56)51(43,60)46(58)63-7/h13-15,18,24-26,33,42-44,52,59-60H,11-12,16,19-22,27-30H2,1-10H3/t33-,42+,43?,44-,47+,48-,49-,50+,51+/m1/s1. The van der Waals surface area contributed by atoms with Gasteiger partial charge in [0, 0.05) is 96.5 Å². The fourth-order valence-electron chi connectivity index (χ4n) is 13.9. The van der Waals surface area contributed by atoms with E-state index in [1.165, 1.54) is 21.1 Å². The molecule has 6 heterocycles. The van der Waals surface area contributed by atoms with Crippen LogP contribution in [0.15, 0.2) is 42.5 Å². The number of aliphatic hydroxyl groups is 2. The predicted molar refractivity (Wildman–Crippen MR) is 251 cm³/mol. The zero-order valence-electron chi connectivity index (χ0n) is 39.7. The van der Waals surface area contributed by atoms with Crippen molar-refractivity contribution in [2.75, 3.05) is 66.0 Å². The number of benzene rings is 2. The molecule has 2 unspecified atom stereocenters. The highest BCUT2D eigenvalue weighted by atomic mass is 28.3. The number of nitrogens with zero attached hydrogens (tertiary/aromatic N) is 3. The lowest BCUT2D eigenvalue weighted by molar-refractivity contribution is -0.228. The van der Waals surface area contributed by atoms with Crippen molar-refractivity contribution >= 4 is 42.6 Å². The van der Waals surface area contributed by atoms with Gasteiger partial charge < -0.3 is 39.0 Å². The van der Waals surface area contributed by atoms with Crippen LogP contribution >= 0.6 is 0 Å². The van der Waals surface area contributed by atoms with Crippen molar-refractivity contribution < 1.29 is 43.5 Å². The lowest BCUT2D eigenvalue weighted by atomic mass is 9.47. The van der Waals surface area contributed by atoms with Gasteiger partial charge in [0.2, 0.25) is 5.60 Å². The van der Waals surface area contributed by atoms with Gasteiger partial charge in [-0.05, 0) is 86.4 Å². The maximum Gasteiger partial charge on any atom is 0.344 e. The van der Waals surface area contributed by atoms with Crippen LogP contribution in [0.5, 0.6) is 5.75 Å². The maximum absolute atomic E-state index is 15.6. The topological polar surface area (TPSA) is 154 Å². The molecule has 3 fully saturated rings. The SMILES string of the molecule is CC[C@]1(O)C[C@H]2CN(CCc3c([nH]c4ccc(C#C[Si](C)(C)C)cc34)[C@@](C(=O)OC)(c3cc4c(cc3OC)N(C)C3[C@]45CCN4CC=C[C@@](CC)([C@@H](OC(C)=O)[C@]3(O)C(=O)OC)[C@H]45)C2)C1.